The number of thiophene rings is 1. The topological polar surface area (TPSA) is 49.4 Å². The summed E-state index contributed by atoms with van der Waals surface area (Å²) in [6.45, 7) is 5.29. The van der Waals surface area contributed by atoms with E-state index in [2.05, 4.69) is 19.2 Å². The van der Waals surface area contributed by atoms with Crippen molar-refractivity contribution in [2.75, 3.05) is 13.1 Å². The largest absolute Gasteiger partial charge is 0.352 e. The third kappa shape index (κ3) is 3.15. The second kappa shape index (κ2) is 6.54. The van der Waals surface area contributed by atoms with Gasteiger partial charge in [-0.25, -0.2) is 0 Å². The summed E-state index contributed by atoms with van der Waals surface area (Å²) in [6.07, 6.45) is 0. The van der Waals surface area contributed by atoms with Crippen LogP contribution in [-0.2, 0) is 4.79 Å². The van der Waals surface area contributed by atoms with Crippen LogP contribution in [-0.4, -0.2) is 29.8 Å². The molecule has 0 radical (unpaired) electrons. The maximum Gasteiger partial charge on any atom is 0.264 e. The van der Waals surface area contributed by atoms with Crippen LogP contribution in [0.2, 0.25) is 0 Å². The fourth-order valence-electron chi connectivity index (χ4n) is 2.82. The molecular formula is C18H20N2O2S. The zero-order chi connectivity index (χ0) is 16.4. The summed E-state index contributed by atoms with van der Waals surface area (Å²) in [7, 11) is 0. The first-order valence-corrected chi connectivity index (χ1v) is 8.68. The summed E-state index contributed by atoms with van der Waals surface area (Å²) in [6, 6.07) is 11.1. The molecule has 0 spiro atoms. The van der Waals surface area contributed by atoms with Gasteiger partial charge in [-0.15, -0.1) is 11.3 Å². The van der Waals surface area contributed by atoms with Crippen molar-refractivity contribution in [1.29, 1.82) is 0 Å². The zero-order valence-electron chi connectivity index (χ0n) is 13.3. The van der Waals surface area contributed by atoms with Crippen molar-refractivity contribution in [3.63, 3.8) is 0 Å². The summed E-state index contributed by atoms with van der Waals surface area (Å²) < 4.78 is 0. The quantitative estimate of drug-likeness (QED) is 0.941. The lowest BCUT2D eigenvalue weighted by atomic mass is 9.97. The van der Waals surface area contributed by atoms with Crippen molar-refractivity contribution < 1.29 is 9.59 Å². The van der Waals surface area contributed by atoms with Crippen LogP contribution >= 0.6 is 11.3 Å². The van der Waals surface area contributed by atoms with Gasteiger partial charge in [-0.05, 0) is 28.5 Å². The van der Waals surface area contributed by atoms with Crippen molar-refractivity contribution in [1.82, 2.24) is 10.2 Å². The highest BCUT2D eigenvalue weighted by atomic mass is 32.1. The van der Waals surface area contributed by atoms with E-state index in [1.54, 1.807) is 11.0 Å². The third-order valence-corrected chi connectivity index (χ3v) is 4.98. The predicted octanol–water partition coefficient (Wildman–Crippen LogP) is 3.18. The van der Waals surface area contributed by atoms with Crippen LogP contribution in [0.15, 0.2) is 41.8 Å². The predicted molar refractivity (Wildman–Crippen MR) is 91.6 cm³/mol. The minimum Gasteiger partial charge on any atom is -0.352 e. The Bertz CT molecular complexity index is 692. The van der Waals surface area contributed by atoms with Crippen LogP contribution in [0.4, 0.5) is 0 Å². The first-order chi connectivity index (χ1) is 11.1. The highest BCUT2D eigenvalue weighted by Gasteiger charge is 2.35. The van der Waals surface area contributed by atoms with Gasteiger partial charge in [-0.1, -0.05) is 44.2 Å². The van der Waals surface area contributed by atoms with Gasteiger partial charge < -0.3 is 10.2 Å². The molecule has 0 saturated carbocycles. The molecule has 1 N–H and O–H groups in total. The fourth-order valence-corrected chi connectivity index (χ4v) is 3.50. The van der Waals surface area contributed by atoms with Crippen molar-refractivity contribution in [2.24, 2.45) is 0 Å². The van der Waals surface area contributed by atoms with Gasteiger partial charge in [0.25, 0.3) is 5.91 Å². The Labute approximate surface area is 140 Å². The number of carbonyl (C=O) groups is 2. The Hall–Kier alpha value is -2.14. The highest BCUT2D eigenvalue weighted by Crippen LogP contribution is 2.27. The van der Waals surface area contributed by atoms with Gasteiger partial charge in [0.2, 0.25) is 5.91 Å². The van der Waals surface area contributed by atoms with Crippen LogP contribution in [0.1, 0.15) is 46.6 Å². The van der Waals surface area contributed by atoms with E-state index in [1.165, 1.54) is 16.9 Å². The summed E-state index contributed by atoms with van der Waals surface area (Å²) in [5, 5.41) is 4.75. The summed E-state index contributed by atoms with van der Waals surface area (Å²) in [5.74, 6) is 0.249. The molecule has 1 aromatic carbocycles. The van der Waals surface area contributed by atoms with Crippen molar-refractivity contribution in [3.8, 4) is 0 Å². The van der Waals surface area contributed by atoms with E-state index in [4.69, 9.17) is 0 Å². The Kier molecular flexibility index (Phi) is 4.48. The molecule has 4 nitrogen and oxygen atoms in total. The minimum absolute atomic E-state index is 0.0761. The smallest absolute Gasteiger partial charge is 0.264 e. The number of nitrogens with one attached hydrogen (secondary N) is 1. The lowest BCUT2D eigenvalue weighted by molar-refractivity contribution is -0.128. The van der Waals surface area contributed by atoms with Gasteiger partial charge in [-0.2, -0.15) is 0 Å². The van der Waals surface area contributed by atoms with E-state index in [9.17, 15) is 9.59 Å². The molecule has 2 aromatic rings. The third-order valence-electron chi connectivity index (χ3n) is 4.12. The van der Waals surface area contributed by atoms with E-state index in [0.717, 1.165) is 5.56 Å². The van der Waals surface area contributed by atoms with Gasteiger partial charge in [-0.3, -0.25) is 9.59 Å². The molecule has 0 bridgehead atoms. The molecule has 0 aliphatic carbocycles. The zero-order valence-corrected chi connectivity index (χ0v) is 14.1. The summed E-state index contributed by atoms with van der Waals surface area (Å²) in [4.78, 5) is 27.5. The number of piperazine rings is 1. The van der Waals surface area contributed by atoms with Crippen molar-refractivity contribution in [3.05, 3.63) is 57.8 Å². The Morgan fingerprint density at radius 1 is 1.26 bits per heavy atom. The average Bonchev–Trinajstić information content (AvgIpc) is 3.08. The Morgan fingerprint density at radius 3 is 2.61 bits per heavy atom. The second-order valence-corrected chi connectivity index (χ2v) is 6.94. The molecule has 120 valence electrons. The van der Waals surface area contributed by atoms with Gasteiger partial charge in [0.1, 0.15) is 6.04 Å². The van der Waals surface area contributed by atoms with Crippen LogP contribution < -0.4 is 5.32 Å². The molecule has 2 heterocycles. The molecule has 1 aliphatic heterocycles. The molecule has 23 heavy (non-hydrogen) atoms. The molecule has 1 aliphatic rings. The lowest BCUT2D eigenvalue weighted by Gasteiger charge is -2.35. The lowest BCUT2D eigenvalue weighted by Crippen LogP contribution is -2.52. The minimum atomic E-state index is -0.556. The van der Waals surface area contributed by atoms with Crippen LogP contribution in [0.5, 0.6) is 0 Å². The molecule has 3 rings (SSSR count). The average molecular weight is 328 g/mol. The van der Waals surface area contributed by atoms with E-state index < -0.39 is 6.04 Å². The van der Waals surface area contributed by atoms with Crippen LogP contribution in [0.25, 0.3) is 0 Å². The molecule has 1 saturated heterocycles. The van der Waals surface area contributed by atoms with Crippen LogP contribution in [0.3, 0.4) is 0 Å². The first-order valence-electron chi connectivity index (χ1n) is 7.80. The number of rotatable bonds is 3. The first kappa shape index (κ1) is 15.7. The number of nitrogens with zero attached hydrogens (tertiary/aromatic N) is 1. The van der Waals surface area contributed by atoms with Gasteiger partial charge in [0.05, 0.1) is 4.88 Å². The molecule has 1 atom stereocenters. The fraction of sp³-hybridized carbons (Fsp3) is 0.333. The maximum absolute atomic E-state index is 12.7. The number of hydrogen-bond donors (Lipinski definition) is 1. The molecule has 1 unspecified atom stereocenters. The normalized spacial score (nSPS) is 18.1. The second-order valence-electron chi connectivity index (χ2n) is 5.99. The molecule has 2 amide bonds. The number of hydrogen-bond acceptors (Lipinski definition) is 3. The van der Waals surface area contributed by atoms with Gasteiger partial charge >= 0.3 is 0 Å². The van der Waals surface area contributed by atoms with Gasteiger partial charge in [0, 0.05) is 13.1 Å². The SMILES string of the molecule is CC(C)c1ccc(C2C(=O)NCCN2C(=O)c2cccs2)cc1. The molecule has 1 aromatic heterocycles. The van der Waals surface area contributed by atoms with Gasteiger partial charge in [0.15, 0.2) is 0 Å². The van der Waals surface area contributed by atoms with E-state index >= 15 is 0 Å². The van der Waals surface area contributed by atoms with E-state index in [-0.39, 0.29) is 11.8 Å². The monoisotopic (exact) mass is 328 g/mol. The molecular weight excluding hydrogens is 308 g/mol. The Morgan fingerprint density at radius 2 is 2.00 bits per heavy atom. The van der Waals surface area contributed by atoms with E-state index in [0.29, 0.717) is 23.9 Å². The van der Waals surface area contributed by atoms with E-state index in [1.807, 2.05) is 35.7 Å². The molecule has 5 heteroatoms. The van der Waals surface area contributed by atoms with Crippen molar-refractivity contribution in [2.45, 2.75) is 25.8 Å². The summed E-state index contributed by atoms with van der Waals surface area (Å²) >= 11 is 1.41. The number of carbonyl (C=O) groups excluding carboxylic acids is 2. The number of benzene rings is 1. The maximum atomic E-state index is 12.7. The van der Waals surface area contributed by atoms with Crippen LogP contribution in [0, 0.1) is 0 Å². The number of amides is 2. The standard InChI is InChI=1S/C18H20N2O2S/c1-12(2)13-5-7-14(8-6-13)16-17(21)19-9-10-20(16)18(22)15-4-3-11-23-15/h3-8,11-12,16H,9-10H2,1-2H3,(H,19,21). The summed E-state index contributed by atoms with van der Waals surface area (Å²) in [5.41, 5.74) is 2.08. The Balaban J connectivity index is 1.92. The highest BCUT2D eigenvalue weighted by molar-refractivity contribution is 7.12. The molecule has 1 fully saturated rings. The van der Waals surface area contributed by atoms with Crippen molar-refractivity contribution >= 4 is 23.2 Å².